The molecular weight excluding hydrogens is 316 g/mol. The predicted octanol–water partition coefficient (Wildman–Crippen LogP) is 3.19. The number of Topliss-reactive ketones (excluding diaryl/α,β-unsaturated/α-hetero) is 1. The first-order valence-corrected chi connectivity index (χ1v) is 8.30. The van der Waals surface area contributed by atoms with E-state index in [0.29, 0.717) is 16.9 Å². The van der Waals surface area contributed by atoms with Gasteiger partial charge in [0.1, 0.15) is 5.75 Å². The summed E-state index contributed by atoms with van der Waals surface area (Å²) in [6.07, 6.45) is 0.141. The molecular formula is C20H24N2O3. The Morgan fingerprint density at radius 1 is 1.12 bits per heavy atom. The molecule has 25 heavy (non-hydrogen) atoms. The fraction of sp³-hybridized carbons (Fsp3) is 0.300. The van der Waals surface area contributed by atoms with Gasteiger partial charge in [-0.1, -0.05) is 19.1 Å². The van der Waals surface area contributed by atoms with Gasteiger partial charge in [-0.15, -0.1) is 0 Å². The zero-order chi connectivity index (χ0) is 18.2. The monoisotopic (exact) mass is 340 g/mol. The Morgan fingerprint density at radius 3 is 2.60 bits per heavy atom. The number of ether oxygens (including phenoxy) is 1. The number of carbonyl (C=O) groups excluding carboxylic acids is 2. The second-order valence-electron chi connectivity index (χ2n) is 5.79. The molecule has 0 fully saturated rings. The first kappa shape index (κ1) is 18.7. The molecule has 0 radical (unpaired) electrons. The number of carbonyl (C=O) groups is 2. The fourth-order valence-corrected chi connectivity index (χ4v) is 2.54. The van der Waals surface area contributed by atoms with E-state index in [1.54, 1.807) is 25.3 Å². The van der Waals surface area contributed by atoms with Crippen molar-refractivity contribution in [2.75, 3.05) is 19.0 Å². The Labute approximate surface area is 148 Å². The molecule has 0 aliphatic heterocycles. The van der Waals surface area contributed by atoms with Crippen molar-refractivity contribution in [3.8, 4) is 5.75 Å². The number of hydrogen-bond donors (Lipinski definition) is 2. The number of hydrogen-bond acceptors (Lipinski definition) is 4. The molecule has 0 aliphatic carbocycles. The van der Waals surface area contributed by atoms with Crippen molar-refractivity contribution in [2.45, 2.75) is 26.8 Å². The van der Waals surface area contributed by atoms with Crippen LogP contribution in [-0.4, -0.2) is 25.3 Å². The second-order valence-corrected chi connectivity index (χ2v) is 5.79. The van der Waals surface area contributed by atoms with Crippen LogP contribution in [0.5, 0.6) is 5.75 Å². The van der Waals surface area contributed by atoms with Crippen molar-refractivity contribution in [1.29, 1.82) is 0 Å². The molecule has 132 valence electrons. The van der Waals surface area contributed by atoms with Crippen LogP contribution in [0.3, 0.4) is 0 Å². The summed E-state index contributed by atoms with van der Waals surface area (Å²) in [7, 11) is 1.55. The third-order valence-corrected chi connectivity index (χ3v) is 3.83. The summed E-state index contributed by atoms with van der Waals surface area (Å²) >= 11 is 0. The van der Waals surface area contributed by atoms with Crippen LogP contribution >= 0.6 is 0 Å². The summed E-state index contributed by atoms with van der Waals surface area (Å²) < 4.78 is 5.30. The van der Waals surface area contributed by atoms with Crippen molar-refractivity contribution in [1.82, 2.24) is 5.32 Å². The van der Waals surface area contributed by atoms with Gasteiger partial charge in [0.2, 0.25) is 5.91 Å². The van der Waals surface area contributed by atoms with Gasteiger partial charge >= 0.3 is 0 Å². The molecule has 0 saturated carbocycles. The van der Waals surface area contributed by atoms with E-state index in [1.807, 2.05) is 31.2 Å². The van der Waals surface area contributed by atoms with Crippen LogP contribution in [0.4, 0.5) is 5.69 Å². The van der Waals surface area contributed by atoms with Gasteiger partial charge in [0.25, 0.3) is 0 Å². The lowest BCUT2D eigenvalue weighted by Crippen LogP contribution is -2.16. The number of ketones is 1. The Morgan fingerprint density at radius 2 is 1.92 bits per heavy atom. The summed E-state index contributed by atoms with van der Waals surface area (Å²) in [6, 6.07) is 12.9. The first-order valence-electron chi connectivity index (χ1n) is 8.30. The molecule has 5 heteroatoms. The van der Waals surface area contributed by atoms with Crippen LogP contribution in [0, 0.1) is 0 Å². The van der Waals surface area contributed by atoms with E-state index in [1.165, 1.54) is 6.92 Å². The van der Waals surface area contributed by atoms with E-state index in [0.717, 1.165) is 24.3 Å². The zero-order valence-corrected chi connectivity index (χ0v) is 14.9. The quantitative estimate of drug-likeness (QED) is 0.724. The second kappa shape index (κ2) is 8.99. The molecule has 2 rings (SSSR count). The van der Waals surface area contributed by atoms with E-state index in [-0.39, 0.29) is 18.1 Å². The normalized spacial score (nSPS) is 10.4. The van der Waals surface area contributed by atoms with Gasteiger partial charge in [0, 0.05) is 23.4 Å². The van der Waals surface area contributed by atoms with Crippen LogP contribution in [0.15, 0.2) is 42.5 Å². The lowest BCUT2D eigenvalue weighted by atomic mass is 10.0. The molecule has 0 aliphatic rings. The maximum absolute atomic E-state index is 12.4. The zero-order valence-electron chi connectivity index (χ0n) is 14.9. The van der Waals surface area contributed by atoms with Gasteiger partial charge in [0.05, 0.1) is 13.5 Å². The Balaban J connectivity index is 2.09. The first-order chi connectivity index (χ1) is 12.0. The third-order valence-electron chi connectivity index (χ3n) is 3.83. The van der Waals surface area contributed by atoms with E-state index in [2.05, 4.69) is 10.6 Å². The van der Waals surface area contributed by atoms with Gasteiger partial charge in [-0.3, -0.25) is 9.59 Å². The number of rotatable bonds is 8. The molecule has 1 amide bonds. The fourth-order valence-electron chi connectivity index (χ4n) is 2.54. The maximum Gasteiger partial charge on any atom is 0.228 e. The summed E-state index contributed by atoms with van der Waals surface area (Å²) in [5, 5.41) is 6.16. The highest BCUT2D eigenvalue weighted by molar-refractivity contribution is 5.96. The molecule has 2 aromatic carbocycles. The topological polar surface area (TPSA) is 67.4 Å². The van der Waals surface area contributed by atoms with Crippen LogP contribution in [0.25, 0.3) is 0 Å². The average Bonchev–Trinajstić information content (AvgIpc) is 2.60. The van der Waals surface area contributed by atoms with E-state index in [4.69, 9.17) is 4.74 Å². The highest BCUT2D eigenvalue weighted by Crippen LogP contribution is 2.21. The number of methoxy groups -OCH3 is 1. The lowest BCUT2D eigenvalue weighted by molar-refractivity contribution is -0.115. The Bertz CT molecular complexity index is 756. The molecule has 0 spiro atoms. The molecule has 5 nitrogen and oxygen atoms in total. The Kier molecular flexibility index (Phi) is 6.71. The van der Waals surface area contributed by atoms with E-state index < -0.39 is 0 Å². The summed E-state index contributed by atoms with van der Waals surface area (Å²) in [5.74, 6) is 0.404. The predicted molar refractivity (Wildman–Crippen MR) is 99.2 cm³/mol. The molecule has 2 N–H and O–H groups in total. The highest BCUT2D eigenvalue weighted by atomic mass is 16.5. The summed E-state index contributed by atoms with van der Waals surface area (Å²) in [5.41, 5.74) is 3.12. The SMILES string of the molecule is CCNCc1cccc(NC(=O)Cc2cc(C(C)=O)ccc2OC)c1. The Hall–Kier alpha value is -2.66. The molecule has 0 bridgehead atoms. The molecule has 0 heterocycles. The van der Waals surface area contributed by atoms with Gasteiger partial charge in [-0.2, -0.15) is 0 Å². The molecule has 0 atom stereocenters. The standard InChI is InChI=1S/C20H24N2O3/c1-4-21-13-15-6-5-7-18(10-15)22-20(24)12-17-11-16(14(2)23)8-9-19(17)25-3/h5-11,21H,4,12-13H2,1-3H3,(H,22,24). The van der Waals surface area contributed by atoms with Crippen molar-refractivity contribution < 1.29 is 14.3 Å². The van der Waals surface area contributed by atoms with Crippen LogP contribution in [0.2, 0.25) is 0 Å². The van der Waals surface area contributed by atoms with Crippen LogP contribution in [-0.2, 0) is 17.8 Å². The van der Waals surface area contributed by atoms with Crippen LogP contribution < -0.4 is 15.4 Å². The highest BCUT2D eigenvalue weighted by Gasteiger charge is 2.12. The van der Waals surface area contributed by atoms with Gasteiger partial charge < -0.3 is 15.4 Å². The molecule has 0 aromatic heterocycles. The van der Waals surface area contributed by atoms with Gasteiger partial charge in [0.15, 0.2) is 5.78 Å². The van der Waals surface area contributed by atoms with Crippen molar-refractivity contribution >= 4 is 17.4 Å². The largest absolute Gasteiger partial charge is 0.496 e. The maximum atomic E-state index is 12.4. The van der Waals surface area contributed by atoms with Gasteiger partial charge in [-0.25, -0.2) is 0 Å². The summed E-state index contributed by atoms with van der Waals surface area (Å²) in [6.45, 7) is 5.20. The van der Waals surface area contributed by atoms with E-state index >= 15 is 0 Å². The smallest absolute Gasteiger partial charge is 0.228 e. The lowest BCUT2D eigenvalue weighted by Gasteiger charge is -2.11. The summed E-state index contributed by atoms with van der Waals surface area (Å²) in [4.78, 5) is 23.9. The van der Waals surface area contributed by atoms with Crippen molar-refractivity contribution in [2.24, 2.45) is 0 Å². The number of amides is 1. The van der Waals surface area contributed by atoms with Crippen molar-refractivity contribution in [3.63, 3.8) is 0 Å². The molecule has 0 saturated heterocycles. The van der Waals surface area contributed by atoms with E-state index in [9.17, 15) is 9.59 Å². The molecule has 0 unspecified atom stereocenters. The average molecular weight is 340 g/mol. The minimum absolute atomic E-state index is 0.0413. The van der Waals surface area contributed by atoms with Crippen LogP contribution in [0.1, 0.15) is 35.3 Å². The minimum Gasteiger partial charge on any atom is -0.496 e. The minimum atomic E-state index is -0.153. The number of anilines is 1. The number of nitrogens with one attached hydrogen (secondary N) is 2. The molecule has 2 aromatic rings. The van der Waals surface area contributed by atoms with Crippen molar-refractivity contribution in [3.05, 3.63) is 59.2 Å². The van der Waals surface area contributed by atoms with Gasteiger partial charge in [-0.05, 0) is 49.4 Å². The number of benzene rings is 2. The third kappa shape index (κ3) is 5.43.